The molecule has 0 saturated carbocycles. The SMILES string of the molecule is CC(C)S(=O)(=O)c1ccccc1N1CCCC1=O. The maximum absolute atomic E-state index is 12.3. The number of hydrogen-bond donors (Lipinski definition) is 0. The third kappa shape index (κ3) is 2.14. The standard InChI is InChI=1S/C13H17NO3S/c1-10(2)18(16,17)12-7-4-3-6-11(12)14-9-5-8-13(14)15/h3-4,6-7,10H,5,8-9H2,1-2H3. The summed E-state index contributed by atoms with van der Waals surface area (Å²) in [6.07, 6.45) is 1.28. The minimum Gasteiger partial charge on any atom is -0.311 e. The molecule has 0 bridgehead atoms. The van der Waals surface area contributed by atoms with Crippen molar-refractivity contribution in [3.8, 4) is 0 Å². The van der Waals surface area contributed by atoms with Gasteiger partial charge in [0.2, 0.25) is 5.91 Å². The molecule has 0 unspecified atom stereocenters. The van der Waals surface area contributed by atoms with Gasteiger partial charge in [-0.3, -0.25) is 4.79 Å². The van der Waals surface area contributed by atoms with Crippen molar-refractivity contribution in [2.24, 2.45) is 0 Å². The van der Waals surface area contributed by atoms with Crippen molar-refractivity contribution in [2.45, 2.75) is 36.8 Å². The van der Waals surface area contributed by atoms with Gasteiger partial charge in [0, 0.05) is 13.0 Å². The number of hydrogen-bond acceptors (Lipinski definition) is 3. The highest BCUT2D eigenvalue weighted by Crippen LogP contribution is 2.30. The zero-order valence-electron chi connectivity index (χ0n) is 10.6. The van der Waals surface area contributed by atoms with E-state index in [1.807, 2.05) is 0 Å². The molecule has 4 nitrogen and oxygen atoms in total. The van der Waals surface area contributed by atoms with Gasteiger partial charge in [-0.15, -0.1) is 0 Å². The minimum absolute atomic E-state index is 0.00130. The van der Waals surface area contributed by atoms with E-state index in [0.717, 1.165) is 6.42 Å². The zero-order valence-corrected chi connectivity index (χ0v) is 11.4. The summed E-state index contributed by atoms with van der Waals surface area (Å²) in [5.41, 5.74) is 0.522. The number of anilines is 1. The van der Waals surface area contributed by atoms with Crippen LogP contribution in [0.4, 0.5) is 5.69 Å². The fourth-order valence-electron chi connectivity index (χ4n) is 2.08. The van der Waals surface area contributed by atoms with Gasteiger partial charge in [0.05, 0.1) is 15.8 Å². The van der Waals surface area contributed by atoms with Crippen molar-refractivity contribution in [3.05, 3.63) is 24.3 Å². The van der Waals surface area contributed by atoms with Gasteiger partial charge in [-0.25, -0.2) is 8.42 Å². The lowest BCUT2D eigenvalue weighted by Crippen LogP contribution is -2.27. The summed E-state index contributed by atoms with van der Waals surface area (Å²) in [6.45, 7) is 3.90. The smallest absolute Gasteiger partial charge is 0.227 e. The van der Waals surface area contributed by atoms with E-state index in [0.29, 0.717) is 18.7 Å². The molecule has 0 aromatic heterocycles. The molecule has 98 valence electrons. The number of rotatable bonds is 3. The van der Waals surface area contributed by atoms with E-state index in [9.17, 15) is 13.2 Å². The Kier molecular flexibility index (Phi) is 3.43. The van der Waals surface area contributed by atoms with E-state index >= 15 is 0 Å². The van der Waals surface area contributed by atoms with Gasteiger partial charge in [-0.1, -0.05) is 12.1 Å². The molecule has 1 amide bonds. The number of carbonyl (C=O) groups excluding carboxylic acids is 1. The molecule has 0 atom stereocenters. The first-order valence-electron chi connectivity index (χ1n) is 6.08. The normalized spacial score (nSPS) is 16.6. The van der Waals surface area contributed by atoms with Gasteiger partial charge in [0.1, 0.15) is 0 Å². The average Bonchev–Trinajstić information content (AvgIpc) is 2.75. The minimum atomic E-state index is -3.36. The van der Waals surface area contributed by atoms with E-state index in [1.165, 1.54) is 0 Å². The first kappa shape index (κ1) is 13.1. The van der Waals surface area contributed by atoms with Gasteiger partial charge >= 0.3 is 0 Å². The predicted molar refractivity (Wildman–Crippen MR) is 70.4 cm³/mol. The Morgan fingerprint density at radius 1 is 1.22 bits per heavy atom. The quantitative estimate of drug-likeness (QED) is 0.841. The van der Waals surface area contributed by atoms with Gasteiger partial charge in [0.25, 0.3) is 0 Å². The molecule has 0 aliphatic carbocycles. The van der Waals surface area contributed by atoms with Crippen LogP contribution in [0.5, 0.6) is 0 Å². The van der Waals surface area contributed by atoms with Crippen LogP contribution in [0.25, 0.3) is 0 Å². The molecule has 5 heteroatoms. The van der Waals surface area contributed by atoms with Crippen LogP contribution >= 0.6 is 0 Å². The third-order valence-corrected chi connectivity index (χ3v) is 5.36. The molecule has 1 heterocycles. The largest absolute Gasteiger partial charge is 0.311 e. The average molecular weight is 267 g/mol. The second-order valence-electron chi connectivity index (χ2n) is 4.71. The molecule has 0 radical (unpaired) electrons. The summed E-state index contributed by atoms with van der Waals surface area (Å²) in [5.74, 6) is 0.00130. The summed E-state index contributed by atoms with van der Waals surface area (Å²) < 4.78 is 24.6. The van der Waals surface area contributed by atoms with Crippen molar-refractivity contribution in [1.29, 1.82) is 0 Å². The summed E-state index contributed by atoms with van der Waals surface area (Å²) in [6, 6.07) is 6.74. The highest BCUT2D eigenvalue weighted by Gasteiger charge is 2.29. The highest BCUT2D eigenvalue weighted by atomic mass is 32.2. The number of benzene rings is 1. The van der Waals surface area contributed by atoms with Crippen LogP contribution < -0.4 is 4.90 Å². The molecule has 1 aromatic rings. The predicted octanol–water partition coefficient (Wildman–Crippen LogP) is 2.00. The van der Waals surface area contributed by atoms with Gasteiger partial charge < -0.3 is 4.90 Å². The van der Waals surface area contributed by atoms with Crippen LogP contribution in [0, 0.1) is 0 Å². The van der Waals surface area contributed by atoms with Crippen molar-refractivity contribution >= 4 is 21.4 Å². The van der Waals surface area contributed by atoms with Crippen LogP contribution in [0.1, 0.15) is 26.7 Å². The molecular weight excluding hydrogens is 250 g/mol. The second kappa shape index (κ2) is 4.72. The third-order valence-electron chi connectivity index (χ3n) is 3.16. The first-order valence-corrected chi connectivity index (χ1v) is 7.62. The van der Waals surface area contributed by atoms with Crippen molar-refractivity contribution in [3.63, 3.8) is 0 Å². The Morgan fingerprint density at radius 2 is 1.89 bits per heavy atom. The molecule has 0 N–H and O–H groups in total. The Hall–Kier alpha value is -1.36. The van der Waals surface area contributed by atoms with E-state index in [4.69, 9.17) is 0 Å². The molecule has 1 saturated heterocycles. The molecule has 1 fully saturated rings. The monoisotopic (exact) mass is 267 g/mol. The van der Waals surface area contributed by atoms with E-state index in [-0.39, 0.29) is 10.8 Å². The Balaban J connectivity index is 2.53. The maximum Gasteiger partial charge on any atom is 0.227 e. The Labute approximate surface area is 108 Å². The van der Waals surface area contributed by atoms with Crippen molar-refractivity contribution < 1.29 is 13.2 Å². The van der Waals surface area contributed by atoms with Crippen LogP contribution in [-0.4, -0.2) is 26.1 Å². The Morgan fingerprint density at radius 3 is 2.44 bits per heavy atom. The van der Waals surface area contributed by atoms with Gasteiger partial charge in [0.15, 0.2) is 9.84 Å². The maximum atomic E-state index is 12.3. The molecule has 1 aromatic carbocycles. The van der Waals surface area contributed by atoms with E-state index in [2.05, 4.69) is 0 Å². The molecular formula is C13H17NO3S. The number of carbonyl (C=O) groups is 1. The van der Waals surface area contributed by atoms with Gasteiger partial charge in [-0.05, 0) is 32.4 Å². The fourth-order valence-corrected chi connectivity index (χ4v) is 3.32. The van der Waals surface area contributed by atoms with Gasteiger partial charge in [-0.2, -0.15) is 0 Å². The molecule has 0 spiro atoms. The molecule has 1 aliphatic heterocycles. The van der Waals surface area contributed by atoms with Crippen LogP contribution in [0.15, 0.2) is 29.2 Å². The molecule has 2 rings (SSSR count). The number of amides is 1. The topological polar surface area (TPSA) is 54.5 Å². The number of nitrogens with zero attached hydrogens (tertiary/aromatic N) is 1. The van der Waals surface area contributed by atoms with E-state index < -0.39 is 15.1 Å². The first-order chi connectivity index (χ1) is 8.44. The van der Waals surface area contributed by atoms with Crippen LogP contribution in [0.2, 0.25) is 0 Å². The molecule has 1 aliphatic rings. The number of sulfone groups is 1. The summed E-state index contributed by atoms with van der Waals surface area (Å²) in [4.78, 5) is 13.6. The van der Waals surface area contributed by atoms with Crippen molar-refractivity contribution in [1.82, 2.24) is 0 Å². The zero-order chi connectivity index (χ0) is 13.3. The fraction of sp³-hybridized carbons (Fsp3) is 0.462. The lowest BCUT2D eigenvalue weighted by atomic mass is 10.3. The molecule has 18 heavy (non-hydrogen) atoms. The lowest BCUT2D eigenvalue weighted by molar-refractivity contribution is -0.117. The highest BCUT2D eigenvalue weighted by molar-refractivity contribution is 7.92. The van der Waals surface area contributed by atoms with E-state index in [1.54, 1.807) is 43.0 Å². The summed E-state index contributed by atoms with van der Waals surface area (Å²) in [7, 11) is -3.36. The number of para-hydroxylation sites is 1. The summed E-state index contributed by atoms with van der Waals surface area (Å²) in [5, 5.41) is -0.489. The Bertz CT molecular complexity index is 563. The van der Waals surface area contributed by atoms with Crippen molar-refractivity contribution in [2.75, 3.05) is 11.4 Å². The second-order valence-corrected chi connectivity index (χ2v) is 7.18. The lowest BCUT2D eigenvalue weighted by Gasteiger charge is -2.20. The van der Waals surface area contributed by atoms with Crippen LogP contribution in [0.3, 0.4) is 0 Å². The summed E-state index contributed by atoms with van der Waals surface area (Å²) >= 11 is 0. The van der Waals surface area contributed by atoms with Crippen LogP contribution in [-0.2, 0) is 14.6 Å².